The summed E-state index contributed by atoms with van der Waals surface area (Å²) in [4.78, 5) is 0. The van der Waals surface area contributed by atoms with Crippen molar-refractivity contribution in [3.63, 3.8) is 0 Å². The average molecular weight is 432 g/mol. The summed E-state index contributed by atoms with van der Waals surface area (Å²) in [7, 11) is -2.06. The molecule has 0 aliphatic heterocycles. The minimum absolute atomic E-state index is 0.0242. The molecule has 2 aromatic rings. The van der Waals surface area contributed by atoms with E-state index in [-0.39, 0.29) is 17.7 Å². The van der Waals surface area contributed by atoms with Gasteiger partial charge in [-0.15, -0.1) is 0 Å². The first-order chi connectivity index (χ1) is 14.1. The van der Waals surface area contributed by atoms with Crippen molar-refractivity contribution in [2.75, 3.05) is 13.2 Å². The van der Waals surface area contributed by atoms with Crippen LogP contribution in [0.5, 0.6) is 0 Å². The summed E-state index contributed by atoms with van der Waals surface area (Å²) in [6.45, 7) is 10.5. The molecule has 0 aliphatic rings. The van der Waals surface area contributed by atoms with Gasteiger partial charge in [0.15, 0.2) is 8.32 Å². The third-order valence-electron chi connectivity index (χ3n) is 6.07. The lowest BCUT2D eigenvalue weighted by Gasteiger charge is -2.39. The molecule has 0 bridgehead atoms. The summed E-state index contributed by atoms with van der Waals surface area (Å²) >= 11 is 0. The van der Waals surface area contributed by atoms with Crippen LogP contribution in [0.3, 0.4) is 0 Å². The van der Waals surface area contributed by atoms with Gasteiger partial charge in [0, 0.05) is 0 Å². The Morgan fingerprint density at radius 3 is 1.77 bits per heavy atom. The van der Waals surface area contributed by atoms with Crippen LogP contribution in [0.25, 0.3) is 0 Å². The standard InChI is InChI=1S/C24H37NO4Si/c1-24(2,3)30(4,5)29-17-20(23(28)21(27)16-26)25-22(18-12-8-6-9-13-18)19-14-10-7-11-15-19/h6-15,20-23,25-28H,16-17H2,1-5H3/t20-,21+,23-/m1/s1. The van der Waals surface area contributed by atoms with Gasteiger partial charge in [0.2, 0.25) is 0 Å². The Kier molecular flexibility index (Phi) is 8.79. The molecule has 0 fully saturated rings. The second kappa shape index (κ2) is 10.7. The molecule has 4 N–H and O–H groups in total. The number of aliphatic hydroxyl groups excluding tert-OH is 3. The van der Waals surface area contributed by atoms with Crippen LogP contribution < -0.4 is 5.32 Å². The van der Waals surface area contributed by atoms with Crippen LogP contribution in [-0.2, 0) is 4.43 Å². The highest BCUT2D eigenvalue weighted by Gasteiger charge is 2.39. The van der Waals surface area contributed by atoms with E-state index in [2.05, 4.69) is 39.2 Å². The van der Waals surface area contributed by atoms with Gasteiger partial charge in [0.05, 0.1) is 31.4 Å². The molecule has 0 amide bonds. The van der Waals surface area contributed by atoms with Crippen LogP contribution in [0, 0.1) is 0 Å². The third-order valence-corrected chi connectivity index (χ3v) is 10.6. The molecule has 0 saturated heterocycles. The van der Waals surface area contributed by atoms with E-state index >= 15 is 0 Å². The Hall–Kier alpha value is -1.54. The molecule has 0 radical (unpaired) electrons. The Bertz CT molecular complexity index is 709. The molecule has 0 spiro atoms. The van der Waals surface area contributed by atoms with Crippen molar-refractivity contribution < 1.29 is 19.7 Å². The number of hydrogen-bond donors (Lipinski definition) is 4. The number of hydrogen-bond acceptors (Lipinski definition) is 5. The average Bonchev–Trinajstić information content (AvgIpc) is 2.73. The molecule has 0 heterocycles. The SMILES string of the molecule is CC(C)(C)[Si](C)(C)OC[C@@H](NC(c1ccccc1)c1ccccc1)[C@@H](O)[C@@H](O)CO. The van der Waals surface area contributed by atoms with Gasteiger partial charge in [0.1, 0.15) is 6.10 Å². The number of benzene rings is 2. The Morgan fingerprint density at radius 1 is 0.900 bits per heavy atom. The van der Waals surface area contributed by atoms with Crippen LogP contribution >= 0.6 is 0 Å². The molecule has 5 nitrogen and oxygen atoms in total. The lowest BCUT2D eigenvalue weighted by Crippen LogP contribution is -2.53. The van der Waals surface area contributed by atoms with Gasteiger partial charge in [-0.1, -0.05) is 81.4 Å². The van der Waals surface area contributed by atoms with Gasteiger partial charge in [0.25, 0.3) is 0 Å². The van der Waals surface area contributed by atoms with Crippen molar-refractivity contribution in [2.45, 2.75) is 63.2 Å². The molecular formula is C24H37NO4Si. The minimum atomic E-state index is -2.06. The van der Waals surface area contributed by atoms with Crippen molar-refractivity contribution in [2.24, 2.45) is 0 Å². The summed E-state index contributed by atoms with van der Waals surface area (Å²) < 4.78 is 6.37. The van der Waals surface area contributed by atoms with Crippen molar-refractivity contribution >= 4 is 8.32 Å². The van der Waals surface area contributed by atoms with Gasteiger partial charge in [-0.3, -0.25) is 5.32 Å². The first-order valence-electron chi connectivity index (χ1n) is 10.5. The number of aliphatic hydroxyl groups is 3. The van der Waals surface area contributed by atoms with Crippen LogP contribution in [-0.4, -0.2) is 55.1 Å². The summed E-state index contributed by atoms with van der Waals surface area (Å²) in [6.07, 6.45) is -2.42. The quantitative estimate of drug-likeness (QED) is 0.433. The highest BCUT2D eigenvalue weighted by molar-refractivity contribution is 6.74. The number of nitrogens with one attached hydrogen (secondary N) is 1. The van der Waals surface area contributed by atoms with E-state index in [0.29, 0.717) is 0 Å². The Morgan fingerprint density at radius 2 is 1.37 bits per heavy atom. The topological polar surface area (TPSA) is 82.0 Å². The maximum atomic E-state index is 10.8. The van der Waals surface area contributed by atoms with Crippen molar-refractivity contribution in [1.82, 2.24) is 5.32 Å². The van der Waals surface area contributed by atoms with E-state index in [1.807, 2.05) is 60.7 Å². The zero-order valence-electron chi connectivity index (χ0n) is 18.7. The van der Waals surface area contributed by atoms with E-state index in [0.717, 1.165) is 11.1 Å². The van der Waals surface area contributed by atoms with Gasteiger partial charge in [-0.2, -0.15) is 0 Å². The molecule has 0 aromatic heterocycles. The molecule has 0 saturated carbocycles. The van der Waals surface area contributed by atoms with Crippen LogP contribution in [0.1, 0.15) is 37.9 Å². The molecule has 6 heteroatoms. The van der Waals surface area contributed by atoms with Gasteiger partial charge in [-0.05, 0) is 29.3 Å². The van der Waals surface area contributed by atoms with Crippen molar-refractivity contribution in [1.29, 1.82) is 0 Å². The molecule has 0 aliphatic carbocycles. The predicted octanol–water partition coefficient (Wildman–Crippen LogP) is 3.47. The maximum Gasteiger partial charge on any atom is 0.192 e. The molecule has 3 atom stereocenters. The fourth-order valence-electron chi connectivity index (χ4n) is 3.03. The molecule has 2 aromatic carbocycles. The van der Waals surface area contributed by atoms with Gasteiger partial charge in [-0.25, -0.2) is 0 Å². The fourth-order valence-corrected chi connectivity index (χ4v) is 4.06. The zero-order valence-corrected chi connectivity index (χ0v) is 19.7. The van der Waals surface area contributed by atoms with E-state index < -0.39 is 33.2 Å². The summed E-state index contributed by atoms with van der Waals surface area (Å²) in [5.41, 5.74) is 2.10. The minimum Gasteiger partial charge on any atom is -0.415 e. The largest absolute Gasteiger partial charge is 0.415 e. The fraction of sp³-hybridized carbons (Fsp3) is 0.500. The Balaban J connectivity index is 2.33. The lowest BCUT2D eigenvalue weighted by molar-refractivity contribution is -0.0413. The van der Waals surface area contributed by atoms with E-state index in [9.17, 15) is 15.3 Å². The Labute approximate surface area is 181 Å². The molecule has 2 rings (SSSR count). The maximum absolute atomic E-state index is 10.8. The van der Waals surface area contributed by atoms with E-state index in [1.165, 1.54) is 0 Å². The second-order valence-electron chi connectivity index (χ2n) is 9.34. The van der Waals surface area contributed by atoms with Crippen LogP contribution in [0.4, 0.5) is 0 Å². The lowest BCUT2D eigenvalue weighted by atomic mass is 9.96. The molecule has 30 heavy (non-hydrogen) atoms. The monoisotopic (exact) mass is 431 g/mol. The third kappa shape index (κ3) is 6.48. The molecular weight excluding hydrogens is 394 g/mol. The first-order valence-corrected chi connectivity index (χ1v) is 13.4. The van der Waals surface area contributed by atoms with Crippen molar-refractivity contribution in [3.8, 4) is 0 Å². The summed E-state index contributed by atoms with van der Waals surface area (Å²) in [6, 6.07) is 19.2. The van der Waals surface area contributed by atoms with Gasteiger partial charge >= 0.3 is 0 Å². The highest BCUT2D eigenvalue weighted by atomic mass is 28.4. The van der Waals surface area contributed by atoms with E-state index in [1.54, 1.807) is 0 Å². The number of rotatable bonds is 10. The molecule has 166 valence electrons. The van der Waals surface area contributed by atoms with Crippen molar-refractivity contribution in [3.05, 3.63) is 71.8 Å². The van der Waals surface area contributed by atoms with Crippen LogP contribution in [0.15, 0.2) is 60.7 Å². The highest BCUT2D eigenvalue weighted by Crippen LogP contribution is 2.36. The summed E-state index contributed by atoms with van der Waals surface area (Å²) in [5, 5.41) is 33.9. The first kappa shape index (κ1) is 24.7. The second-order valence-corrected chi connectivity index (χ2v) is 14.1. The summed E-state index contributed by atoms with van der Waals surface area (Å²) in [5.74, 6) is 0. The normalized spacial score (nSPS) is 15.8. The molecule has 0 unspecified atom stereocenters. The van der Waals surface area contributed by atoms with Crippen LogP contribution in [0.2, 0.25) is 18.1 Å². The smallest absolute Gasteiger partial charge is 0.192 e. The zero-order chi connectivity index (χ0) is 22.4. The van der Waals surface area contributed by atoms with E-state index in [4.69, 9.17) is 4.43 Å². The predicted molar refractivity (Wildman–Crippen MR) is 124 cm³/mol. The van der Waals surface area contributed by atoms with Gasteiger partial charge < -0.3 is 19.7 Å².